The Bertz CT molecular complexity index is 1070. The molecule has 32 heavy (non-hydrogen) atoms. The number of hydrogen-bond acceptors (Lipinski definition) is 5. The zero-order chi connectivity index (χ0) is 23.1. The maximum absolute atomic E-state index is 12.8. The molecule has 0 unspecified atom stereocenters. The second-order valence-electron chi connectivity index (χ2n) is 6.73. The molecule has 0 radical (unpaired) electrons. The van der Waals surface area contributed by atoms with Gasteiger partial charge < -0.3 is 19.7 Å². The molecule has 2 aromatic carbocycles. The van der Waals surface area contributed by atoms with E-state index in [9.17, 15) is 18.4 Å². The zero-order valence-corrected chi connectivity index (χ0v) is 18.3. The van der Waals surface area contributed by atoms with Crippen molar-refractivity contribution in [1.29, 1.82) is 0 Å². The van der Waals surface area contributed by atoms with E-state index in [1.54, 1.807) is 49.5 Å². The van der Waals surface area contributed by atoms with E-state index in [-0.39, 0.29) is 29.9 Å². The van der Waals surface area contributed by atoms with Gasteiger partial charge in [-0.05, 0) is 47.7 Å². The number of hydrogen-bond donors (Lipinski definition) is 1. The highest BCUT2D eigenvalue weighted by Crippen LogP contribution is 2.29. The third-order valence-electron chi connectivity index (χ3n) is 4.69. The third-order valence-corrected chi connectivity index (χ3v) is 5.55. The van der Waals surface area contributed by atoms with Crippen molar-refractivity contribution in [3.63, 3.8) is 0 Å². The lowest BCUT2D eigenvalue weighted by atomic mass is 10.1. The van der Waals surface area contributed by atoms with Gasteiger partial charge in [0.05, 0.1) is 23.2 Å². The third kappa shape index (κ3) is 5.61. The van der Waals surface area contributed by atoms with Crippen molar-refractivity contribution in [2.24, 2.45) is 0 Å². The van der Waals surface area contributed by atoms with Crippen molar-refractivity contribution in [3.8, 4) is 11.5 Å². The number of amides is 2. The zero-order valence-electron chi connectivity index (χ0n) is 17.5. The predicted octanol–water partition coefficient (Wildman–Crippen LogP) is 4.61. The fourth-order valence-corrected chi connectivity index (χ4v) is 3.81. The number of para-hydroxylation sites is 1. The van der Waals surface area contributed by atoms with Crippen LogP contribution in [0.4, 0.5) is 14.5 Å². The van der Waals surface area contributed by atoms with E-state index in [4.69, 9.17) is 4.74 Å². The van der Waals surface area contributed by atoms with Gasteiger partial charge in [0.15, 0.2) is 11.5 Å². The SMILES string of the molecule is COc1ccc(CCNC(=O)c2ccccc2N(C)C(=O)c2cccs2)cc1OC(F)F. The number of thiophene rings is 1. The second-order valence-corrected chi connectivity index (χ2v) is 7.68. The van der Waals surface area contributed by atoms with Crippen LogP contribution in [-0.2, 0) is 6.42 Å². The summed E-state index contributed by atoms with van der Waals surface area (Å²) >= 11 is 1.33. The van der Waals surface area contributed by atoms with Crippen LogP contribution in [0.15, 0.2) is 60.0 Å². The van der Waals surface area contributed by atoms with Crippen molar-refractivity contribution >= 4 is 28.8 Å². The van der Waals surface area contributed by atoms with Crippen LogP contribution in [0, 0.1) is 0 Å². The van der Waals surface area contributed by atoms with Gasteiger partial charge in [0, 0.05) is 13.6 Å². The standard InChI is InChI=1S/C23H22F2N2O4S/c1-27(22(29)20-8-5-13-32-20)17-7-4-3-6-16(17)21(28)26-12-11-15-9-10-18(30-2)19(14-15)31-23(24)25/h3-10,13-14,23H,11-12H2,1-2H3,(H,26,28). The van der Waals surface area contributed by atoms with Crippen LogP contribution in [0.2, 0.25) is 0 Å². The number of halogens is 2. The van der Waals surface area contributed by atoms with Crippen LogP contribution in [-0.4, -0.2) is 39.1 Å². The van der Waals surface area contributed by atoms with Gasteiger partial charge >= 0.3 is 6.61 Å². The van der Waals surface area contributed by atoms with Crippen LogP contribution in [0.1, 0.15) is 25.6 Å². The van der Waals surface area contributed by atoms with Gasteiger partial charge in [-0.15, -0.1) is 11.3 Å². The molecule has 1 heterocycles. The first kappa shape index (κ1) is 23.2. The van der Waals surface area contributed by atoms with Crippen molar-refractivity contribution in [2.75, 3.05) is 25.6 Å². The summed E-state index contributed by atoms with van der Waals surface area (Å²) in [6.45, 7) is -2.71. The van der Waals surface area contributed by atoms with Crippen molar-refractivity contribution in [1.82, 2.24) is 5.32 Å². The number of ether oxygens (including phenoxy) is 2. The highest BCUT2D eigenvalue weighted by Gasteiger charge is 2.20. The second kappa shape index (κ2) is 10.7. The van der Waals surface area contributed by atoms with E-state index in [0.29, 0.717) is 28.1 Å². The Morgan fingerprint density at radius 2 is 1.88 bits per heavy atom. The Hall–Kier alpha value is -3.46. The Morgan fingerprint density at radius 1 is 1.09 bits per heavy atom. The maximum atomic E-state index is 12.8. The average molecular weight is 461 g/mol. The monoisotopic (exact) mass is 460 g/mol. The predicted molar refractivity (Wildman–Crippen MR) is 119 cm³/mol. The molecular weight excluding hydrogens is 438 g/mol. The van der Waals surface area contributed by atoms with Gasteiger partial charge in [-0.2, -0.15) is 8.78 Å². The summed E-state index contributed by atoms with van der Waals surface area (Å²) in [5, 5.41) is 4.63. The number of alkyl halides is 2. The molecule has 2 amide bonds. The fourth-order valence-electron chi connectivity index (χ4n) is 3.11. The molecule has 168 valence electrons. The lowest BCUT2D eigenvalue weighted by Crippen LogP contribution is -2.31. The minimum Gasteiger partial charge on any atom is -0.493 e. The highest BCUT2D eigenvalue weighted by molar-refractivity contribution is 7.12. The highest BCUT2D eigenvalue weighted by atomic mass is 32.1. The Balaban J connectivity index is 1.67. The molecule has 1 N–H and O–H groups in total. The van der Waals surface area contributed by atoms with Gasteiger partial charge in [-0.25, -0.2) is 0 Å². The van der Waals surface area contributed by atoms with Gasteiger partial charge in [0.1, 0.15) is 0 Å². The molecule has 0 saturated heterocycles. The lowest BCUT2D eigenvalue weighted by Gasteiger charge is -2.20. The molecule has 0 fully saturated rings. The van der Waals surface area contributed by atoms with Crippen molar-refractivity contribution in [3.05, 3.63) is 76.0 Å². The van der Waals surface area contributed by atoms with Crippen molar-refractivity contribution < 1.29 is 27.8 Å². The van der Waals surface area contributed by atoms with E-state index >= 15 is 0 Å². The first-order valence-corrected chi connectivity index (χ1v) is 10.6. The number of carbonyl (C=O) groups excluding carboxylic acids is 2. The molecule has 0 spiro atoms. The number of benzene rings is 2. The first-order chi connectivity index (χ1) is 15.4. The topological polar surface area (TPSA) is 67.9 Å². The summed E-state index contributed by atoms with van der Waals surface area (Å²) in [4.78, 5) is 27.5. The number of rotatable bonds is 9. The molecule has 3 aromatic rings. The number of nitrogens with zero attached hydrogens (tertiary/aromatic N) is 1. The lowest BCUT2D eigenvalue weighted by molar-refractivity contribution is -0.0512. The Kier molecular flexibility index (Phi) is 7.77. The van der Waals surface area contributed by atoms with Crippen LogP contribution in [0.25, 0.3) is 0 Å². The summed E-state index contributed by atoms with van der Waals surface area (Å²) in [5.41, 5.74) is 1.54. The Labute approximate surface area is 188 Å². The van der Waals surface area contributed by atoms with E-state index in [0.717, 1.165) is 0 Å². The molecule has 0 aliphatic heterocycles. The minimum atomic E-state index is -2.97. The van der Waals surface area contributed by atoms with E-state index in [1.165, 1.54) is 35.5 Å². The molecule has 1 aromatic heterocycles. The van der Waals surface area contributed by atoms with E-state index in [2.05, 4.69) is 10.1 Å². The first-order valence-electron chi connectivity index (χ1n) is 9.71. The van der Waals surface area contributed by atoms with Crippen LogP contribution in [0.3, 0.4) is 0 Å². The summed E-state index contributed by atoms with van der Waals surface area (Å²) < 4.78 is 34.7. The van der Waals surface area contributed by atoms with Gasteiger partial charge in [-0.1, -0.05) is 24.3 Å². The molecule has 0 bridgehead atoms. The summed E-state index contributed by atoms with van der Waals surface area (Å²) in [6.07, 6.45) is 0.390. The number of nitrogens with one attached hydrogen (secondary N) is 1. The largest absolute Gasteiger partial charge is 0.493 e. The van der Waals surface area contributed by atoms with Gasteiger partial charge in [0.25, 0.3) is 11.8 Å². The summed E-state index contributed by atoms with van der Waals surface area (Å²) in [7, 11) is 2.99. The summed E-state index contributed by atoms with van der Waals surface area (Å²) in [5.74, 6) is -0.412. The molecule has 0 atom stereocenters. The summed E-state index contributed by atoms with van der Waals surface area (Å²) in [6, 6.07) is 15.1. The van der Waals surface area contributed by atoms with E-state index in [1.807, 2.05) is 5.38 Å². The van der Waals surface area contributed by atoms with Crippen LogP contribution in [0.5, 0.6) is 11.5 Å². The average Bonchev–Trinajstić information content (AvgIpc) is 3.33. The van der Waals surface area contributed by atoms with Crippen LogP contribution >= 0.6 is 11.3 Å². The molecule has 6 nitrogen and oxygen atoms in total. The number of anilines is 1. The smallest absolute Gasteiger partial charge is 0.387 e. The molecule has 0 saturated carbocycles. The van der Waals surface area contributed by atoms with E-state index < -0.39 is 6.61 Å². The van der Waals surface area contributed by atoms with Crippen LogP contribution < -0.4 is 19.7 Å². The Morgan fingerprint density at radius 3 is 2.56 bits per heavy atom. The molecule has 0 aliphatic rings. The normalized spacial score (nSPS) is 10.7. The quantitative estimate of drug-likeness (QED) is 0.507. The maximum Gasteiger partial charge on any atom is 0.387 e. The number of carbonyl (C=O) groups is 2. The minimum absolute atomic E-state index is 0.0645. The van der Waals surface area contributed by atoms with Crippen molar-refractivity contribution in [2.45, 2.75) is 13.0 Å². The fraction of sp³-hybridized carbons (Fsp3) is 0.217. The molecule has 3 rings (SSSR count). The number of methoxy groups -OCH3 is 1. The molecule has 0 aliphatic carbocycles. The molecule has 9 heteroatoms. The molecular formula is C23H22F2N2O4S. The van der Waals surface area contributed by atoms with Gasteiger partial charge in [0.2, 0.25) is 0 Å². The van der Waals surface area contributed by atoms with Gasteiger partial charge in [-0.3, -0.25) is 9.59 Å².